The van der Waals surface area contributed by atoms with Crippen LogP contribution in [0.1, 0.15) is 0 Å². The molecular weight excluding hydrogens is 258 g/mol. The third-order valence-electron chi connectivity index (χ3n) is 2.74. The van der Waals surface area contributed by atoms with Gasteiger partial charge in [-0.1, -0.05) is 17.8 Å². The van der Waals surface area contributed by atoms with Gasteiger partial charge in [0.2, 0.25) is 0 Å². The minimum Gasteiger partial charge on any atom is -0.497 e. The molecule has 0 radical (unpaired) electrons. The second-order valence-electron chi connectivity index (χ2n) is 4.10. The highest BCUT2D eigenvalue weighted by molar-refractivity contribution is 7.99. The van der Waals surface area contributed by atoms with Crippen LogP contribution in [-0.4, -0.2) is 17.1 Å². The number of nitrogens with two attached hydrogens (primary N) is 1. The Bertz CT molecular complexity index is 724. The van der Waals surface area contributed by atoms with Gasteiger partial charge in [-0.2, -0.15) is 0 Å². The van der Waals surface area contributed by atoms with Crippen LogP contribution in [0.15, 0.2) is 52.5 Å². The van der Waals surface area contributed by atoms with Crippen molar-refractivity contribution in [1.29, 1.82) is 0 Å². The number of rotatable bonds is 3. The topological polar surface area (TPSA) is 63.9 Å². The molecule has 19 heavy (non-hydrogen) atoms. The Hall–Kier alpha value is -2.14. The number of H-pyrrole nitrogens is 1. The summed E-state index contributed by atoms with van der Waals surface area (Å²) >= 11 is 1.55. The zero-order valence-corrected chi connectivity index (χ0v) is 11.2. The largest absolute Gasteiger partial charge is 0.497 e. The Morgan fingerprint density at radius 2 is 2.11 bits per heavy atom. The molecule has 5 heteroatoms. The van der Waals surface area contributed by atoms with Crippen LogP contribution < -0.4 is 10.5 Å². The maximum atomic E-state index is 5.76. The van der Waals surface area contributed by atoms with Crippen LogP contribution in [0.25, 0.3) is 11.0 Å². The van der Waals surface area contributed by atoms with Gasteiger partial charge in [0.1, 0.15) is 5.75 Å². The van der Waals surface area contributed by atoms with Gasteiger partial charge in [0, 0.05) is 16.6 Å². The van der Waals surface area contributed by atoms with Gasteiger partial charge in [0.25, 0.3) is 0 Å². The van der Waals surface area contributed by atoms with E-state index in [0.717, 1.165) is 32.5 Å². The summed E-state index contributed by atoms with van der Waals surface area (Å²) < 4.78 is 5.19. The molecule has 1 aromatic heterocycles. The highest BCUT2D eigenvalue weighted by atomic mass is 32.2. The molecule has 3 rings (SSSR count). The maximum Gasteiger partial charge on any atom is 0.171 e. The number of anilines is 1. The zero-order valence-electron chi connectivity index (χ0n) is 10.4. The fourth-order valence-electron chi connectivity index (χ4n) is 1.83. The van der Waals surface area contributed by atoms with E-state index in [4.69, 9.17) is 10.5 Å². The van der Waals surface area contributed by atoms with Crippen LogP contribution in [0, 0.1) is 0 Å². The van der Waals surface area contributed by atoms with Crippen molar-refractivity contribution in [3.8, 4) is 5.75 Å². The number of imidazole rings is 1. The number of ether oxygens (including phenoxy) is 1. The number of aromatic nitrogens is 2. The van der Waals surface area contributed by atoms with Crippen molar-refractivity contribution in [2.75, 3.05) is 12.8 Å². The molecule has 0 saturated carbocycles. The predicted molar refractivity (Wildman–Crippen MR) is 77.6 cm³/mol. The van der Waals surface area contributed by atoms with E-state index in [1.165, 1.54) is 0 Å². The normalized spacial score (nSPS) is 10.8. The van der Waals surface area contributed by atoms with Crippen molar-refractivity contribution in [3.05, 3.63) is 42.5 Å². The van der Waals surface area contributed by atoms with Gasteiger partial charge >= 0.3 is 0 Å². The quantitative estimate of drug-likeness (QED) is 0.717. The average molecular weight is 271 g/mol. The van der Waals surface area contributed by atoms with Crippen LogP contribution in [0.4, 0.5) is 5.69 Å². The number of hydrogen-bond donors (Lipinski definition) is 2. The van der Waals surface area contributed by atoms with Crippen LogP contribution in [0.2, 0.25) is 0 Å². The van der Waals surface area contributed by atoms with Gasteiger partial charge in [-0.15, -0.1) is 0 Å². The molecule has 0 fully saturated rings. The molecule has 3 aromatic rings. The fourth-order valence-corrected chi connectivity index (χ4v) is 2.70. The van der Waals surface area contributed by atoms with Crippen LogP contribution in [-0.2, 0) is 0 Å². The van der Waals surface area contributed by atoms with Gasteiger partial charge in [-0.05, 0) is 30.3 Å². The molecule has 3 N–H and O–H groups in total. The van der Waals surface area contributed by atoms with Crippen LogP contribution in [0.5, 0.6) is 5.75 Å². The molecule has 2 aromatic carbocycles. The van der Waals surface area contributed by atoms with E-state index in [9.17, 15) is 0 Å². The number of aromatic amines is 1. The molecule has 0 unspecified atom stereocenters. The summed E-state index contributed by atoms with van der Waals surface area (Å²) in [5.41, 5.74) is 8.40. The fraction of sp³-hybridized carbons (Fsp3) is 0.0714. The number of nitrogens with zero attached hydrogens (tertiary/aromatic N) is 1. The SMILES string of the molecule is COc1ccc2nc(Sc3cccc(N)c3)[nH]c2c1. The molecule has 0 spiro atoms. The van der Waals surface area contributed by atoms with Gasteiger partial charge in [0.15, 0.2) is 5.16 Å². The smallest absolute Gasteiger partial charge is 0.171 e. The Balaban J connectivity index is 1.93. The first kappa shape index (κ1) is 11.9. The summed E-state index contributed by atoms with van der Waals surface area (Å²) in [7, 11) is 1.65. The summed E-state index contributed by atoms with van der Waals surface area (Å²) in [6.45, 7) is 0. The third kappa shape index (κ3) is 2.51. The summed E-state index contributed by atoms with van der Waals surface area (Å²) in [5.74, 6) is 0.816. The van der Waals surface area contributed by atoms with E-state index in [0.29, 0.717) is 0 Å². The minimum absolute atomic E-state index is 0.753. The third-order valence-corrected chi connectivity index (χ3v) is 3.62. The number of nitrogen functional groups attached to an aromatic ring is 1. The molecule has 0 aliphatic heterocycles. The number of fused-ring (bicyclic) bond motifs is 1. The lowest BCUT2D eigenvalue weighted by molar-refractivity contribution is 0.415. The van der Waals surface area contributed by atoms with E-state index < -0.39 is 0 Å². The minimum atomic E-state index is 0.753. The van der Waals surface area contributed by atoms with Crippen molar-refractivity contribution < 1.29 is 4.74 Å². The second kappa shape index (κ2) is 4.85. The van der Waals surface area contributed by atoms with Crippen molar-refractivity contribution in [3.63, 3.8) is 0 Å². The molecule has 0 atom stereocenters. The number of hydrogen-bond acceptors (Lipinski definition) is 4. The van der Waals surface area contributed by atoms with Crippen molar-refractivity contribution >= 4 is 28.5 Å². The summed E-state index contributed by atoms with van der Waals surface area (Å²) in [5, 5.41) is 0.842. The predicted octanol–water partition coefficient (Wildman–Crippen LogP) is 3.30. The lowest BCUT2D eigenvalue weighted by atomic mass is 10.3. The highest BCUT2D eigenvalue weighted by Gasteiger charge is 2.05. The molecule has 0 bridgehead atoms. The van der Waals surface area contributed by atoms with Gasteiger partial charge < -0.3 is 15.5 Å². The Morgan fingerprint density at radius 3 is 2.89 bits per heavy atom. The van der Waals surface area contributed by atoms with Gasteiger partial charge in [-0.3, -0.25) is 0 Å². The first-order valence-corrected chi connectivity index (χ1v) is 6.63. The van der Waals surface area contributed by atoms with Crippen molar-refractivity contribution in [1.82, 2.24) is 9.97 Å². The Kier molecular flexibility index (Phi) is 3.05. The molecule has 0 aliphatic rings. The average Bonchev–Trinajstić information content (AvgIpc) is 2.79. The monoisotopic (exact) mass is 271 g/mol. The van der Waals surface area contributed by atoms with E-state index in [1.807, 2.05) is 42.5 Å². The van der Waals surface area contributed by atoms with Gasteiger partial charge in [0.05, 0.1) is 18.1 Å². The lowest BCUT2D eigenvalue weighted by Gasteiger charge is -1.98. The number of nitrogens with one attached hydrogen (secondary N) is 1. The molecular formula is C14H13N3OS. The van der Waals surface area contributed by atoms with Crippen LogP contribution >= 0.6 is 11.8 Å². The lowest BCUT2D eigenvalue weighted by Crippen LogP contribution is -1.83. The molecule has 0 saturated heterocycles. The van der Waals surface area contributed by atoms with Gasteiger partial charge in [-0.25, -0.2) is 4.98 Å². The molecule has 1 heterocycles. The Morgan fingerprint density at radius 1 is 1.21 bits per heavy atom. The van der Waals surface area contributed by atoms with E-state index in [-0.39, 0.29) is 0 Å². The highest BCUT2D eigenvalue weighted by Crippen LogP contribution is 2.29. The van der Waals surface area contributed by atoms with Crippen molar-refractivity contribution in [2.45, 2.75) is 10.1 Å². The zero-order chi connectivity index (χ0) is 13.2. The Labute approximate surface area is 115 Å². The number of benzene rings is 2. The molecule has 0 aliphatic carbocycles. The molecule has 96 valence electrons. The molecule has 4 nitrogen and oxygen atoms in total. The van der Waals surface area contributed by atoms with E-state index in [2.05, 4.69) is 9.97 Å². The number of methoxy groups -OCH3 is 1. The van der Waals surface area contributed by atoms with Crippen LogP contribution in [0.3, 0.4) is 0 Å². The first-order valence-electron chi connectivity index (χ1n) is 5.82. The summed E-state index contributed by atoms with van der Waals surface area (Å²) in [6.07, 6.45) is 0. The molecule has 0 amide bonds. The van der Waals surface area contributed by atoms with Crippen molar-refractivity contribution in [2.24, 2.45) is 0 Å². The second-order valence-corrected chi connectivity index (χ2v) is 5.16. The summed E-state index contributed by atoms with van der Waals surface area (Å²) in [6, 6.07) is 13.5. The maximum absolute atomic E-state index is 5.76. The summed E-state index contributed by atoms with van der Waals surface area (Å²) in [4.78, 5) is 8.85. The standard InChI is InChI=1S/C14H13N3OS/c1-18-10-5-6-12-13(8-10)17-14(16-12)19-11-4-2-3-9(15)7-11/h2-8H,15H2,1H3,(H,16,17). The van der Waals surface area contributed by atoms with E-state index in [1.54, 1.807) is 18.9 Å². The van der Waals surface area contributed by atoms with E-state index >= 15 is 0 Å². The first-order chi connectivity index (χ1) is 9.24.